The van der Waals surface area contributed by atoms with Gasteiger partial charge < -0.3 is 10.1 Å². The van der Waals surface area contributed by atoms with E-state index in [1.165, 1.54) is 30.6 Å². The number of thioether (sulfide) groups is 1. The van der Waals surface area contributed by atoms with Crippen molar-refractivity contribution in [2.24, 2.45) is 5.92 Å². The molecule has 3 rings (SSSR count). The van der Waals surface area contributed by atoms with E-state index in [0.717, 1.165) is 41.0 Å². The van der Waals surface area contributed by atoms with Gasteiger partial charge in [0.25, 0.3) is 5.56 Å². The van der Waals surface area contributed by atoms with Gasteiger partial charge in [-0.1, -0.05) is 44.0 Å². The maximum absolute atomic E-state index is 12.3. The number of aromatic amines is 1. The van der Waals surface area contributed by atoms with Crippen molar-refractivity contribution in [3.8, 4) is 0 Å². The van der Waals surface area contributed by atoms with Gasteiger partial charge in [-0.15, -0.1) is 11.8 Å². The van der Waals surface area contributed by atoms with E-state index in [-0.39, 0.29) is 12.2 Å². The minimum atomic E-state index is 0.0171. The van der Waals surface area contributed by atoms with Crippen LogP contribution in [0.3, 0.4) is 0 Å². The molecule has 0 aliphatic heterocycles. The molecule has 0 saturated heterocycles. The summed E-state index contributed by atoms with van der Waals surface area (Å²) in [5.41, 5.74) is 4.03. The van der Waals surface area contributed by atoms with Crippen LogP contribution in [0.2, 0.25) is 0 Å². The molecule has 0 bridgehead atoms. The molecule has 144 valence electrons. The zero-order valence-corrected chi connectivity index (χ0v) is 16.9. The number of benzene rings is 1. The molecule has 2 N–H and O–H groups in total. The molecule has 0 unspecified atom stereocenters. The van der Waals surface area contributed by atoms with Crippen LogP contribution in [0.5, 0.6) is 0 Å². The first-order valence-corrected chi connectivity index (χ1v) is 11.0. The molecule has 0 amide bonds. The third-order valence-corrected chi connectivity index (χ3v) is 6.30. The Hall–Kier alpha value is -1.78. The molecule has 27 heavy (non-hydrogen) atoms. The second-order valence-electron chi connectivity index (χ2n) is 7.15. The van der Waals surface area contributed by atoms with Crippen molar-refractivity contribution in [2.45, 2.75) is 50.3 Å². The van der Waals surface area contributed by atoms with Crippen LogP contribution in [0.4, 0.5) is 0 Å². The topological polar surface area (TPSA) is 53.1 Å². The van der Waals surface area contributed by atoms with Crippen LogP contribution in [0.15, 0.2) is 52.2 Å². The molecule has 1 aliphatic rings. The number of nitrogens with one attached hydrogen (secondary N) is 1. The highest BCUT2D eigenvalue weighted by Crippen LogP contribution is 2.32. The molecule has 0 spiro atoms. The molecule has 1 heterocycles. The summed E-state index contributed by atoms with van der Waals surface area (Å²) >= 11 is 1.76. The second kappa shape index (κ2) is 9.95. The Kier molecular flexibility index (Phi) is 7.36. The molecule has 1 fully saturated rings. The standard InChI is InChI=1S/C23H29NO2S/c1-2-18-10-13-22(24-23(18)26)21(16-17-6-3-4-7-17)19-8-11-20(12-9-19)27-15-5-14-25/h8-13,16-17,25H,2-7,14-15H2,1H3,(H,24,26)/b21-16+. The van der Waals surface area contributed by atoms with Crippen LogP contribution in [0.25, 0.3) is 5.57 Å². The van der Waals surface area contributed by atoms with Crippen LogP contribution in [-0.4, -0.2) is 22.5 Å². The van der Waals surface area contributed by atoms with E-state index in [4.69, 9.17) is 5.11 Å². The van der Waals surface area contributed by atoms with Gasteiger partial charge in [-0.05, 0) is 55.4 Å². The lowest BCUT2D eigenvalue weighted by molar-refractivity contribution is 0.296. The number of aryl methyl sites for hydroxylation is 1. The smallest absolute Gasteiger partial charge is 0.251 e. The normalized spacial score (nSPS) is 15.4. The van der Waals surface area contributed by atoms with Gasteiger partial charge >= 0.3 is 0 Å². The van der Waals surface area contributed by atoms with E-state index in [0.29, 0.717) is 5.92 Å². The molecule has 1 aromatic carbocycles. The maximum Gasteiger partial charge on any atom is 0.251 e. The zero-order valence-electron chi connectivity index (χ0n) is 16.0. The van der Waals surface area contributed by atoms with Crippen LogP contribution < -0.4 is 5.56 Å². The van der Waals surface area contributed by atoms with Gasteiger partial charge in [-0.25, -0.2) is 0 Å². The highest BCUT2D eigenvalue weighted by molar-refractivity contribution is 7.99. The Morgan fingerprint density at radius 1 is 1.19 bits per heavy atom. The molecular weight excluding hydrogens is 354 g/mol. The van der Waals surface area contributed by atoms with Crippen molar-refractivity contribution in [2.75, 3.05) is 12.4 Å². The third kappa shape index (κ3) is 5.36. The molecular formula is C23H29NO2S. The number of hydrogen-bond donors (Lipinski definition) is 2. The number of rotatable bonds is 8. The fourth-order valence-corrected chi connectivity index (χ4v) is 4.46. The maximum atomic E-state index is 12.3. The number of aromatic nitrogens is 1. The van der Waals surface area contributed by atoms with E-state index < -0.39 is 0 Å². The van der Waals surface area contributed by atoms with Gasteiger partial charge in [0.2, 0.25) is 0 Å². The quantitative estimate of drug-likeness (QED) is 0.496. The average molecular weight is 384 g/mol. The first kappa shape index (κ1) is 20.0. The SMILES string of the molecule is CCc1ccc(/C(=C/C2CCCC2)c2ccc(SCCCO)cc2)[nH]c1=O. The summed E-state index contributed by atoms with van der Waals surface area (Å²) in [7, 11) is 0. The van der Waals surface area contributed by atoms with Crippen LogP contribution in [-0.2, 0) is 6.42 Å². The molecule has 1 saturated carbocycles. The van der Waals surface area contributed by atoms with Gasteiger partial charge in [-0.3, -0.25) is 4.79 Å². The first-order valence-electron chi connectivity index (χ1n) is 9.99. The Bertz CT molecular complexity index is 817. The lowest BCUT2D eigenvalue weighted by atomic mass is 9.95. The summed E-state index contributed by atoms with van der Waals surface area (Å²) in [6.07, 6.45) is 8.96. The Balaban J connectivity index is 1.90. The minimum Gasteiger partial charge on any atom is -0.396 e. The zero-order chi connectivity index (χ0) is 19.1. The van der Waals surface area contributed by atoms with Gasteiger partial charge in [0.15, 0.2) is 0 Å². The van der Waals surface area contributed by atoms with E-state index >= 15 is 0 Å². The fourth-order valence-electron chi connectivity index (χ4n) is 3.63. The highest BCUT2D eigenvalue weighted by Gasteiger charge is 2.16. The lowest BCUT2D eigenvalue weighted by Gasteiger charge is -2.13. The van der Waals surface area contributed by atoms with E-state index in [9.17, 15) is 4.79 Å². The van der Waals surface area contributed by atoms with Crippen molar-refractivity contribution in [1.29, 1.82) is 0 Å². The Morgan fingerprint density at radius 2 is 1.93 bits per heavy atom. The minimum absolute atomic E-state index is 0.0171. The van der Waals surface area contributed by atoms with Crippen molar-refractivity contribution in [3.63, 3.8) is 0 Å². The van der Waals surface area contributed by atoms with E-state index in [1.807, 2.05) is 19.1 Å². The summed E-state index contributed by atoms with van der Waals surface area (Å²) in [4.78, 5) is 16.6. The van der Waals surface area contributed by atoms with Crippen molar-refractivity contribution in [3.05, 3.63) is 69.6 Å². The monoisotopic (exact) mass is 383 g/mol. The molecule has 4 heteroatoms. The van der Waals surface area contributed by atoms with Gasteiger partial charge in [-0.2, -0.15) is 0 Å². The molecule has 0 atom stereocenters. The number of H-pyrrole nitrogens is 1. The summed E-state index contributed by atoms with van der Waals surface area (Å²) < 4.78 is 0. The molecule has 0 radical (unpaired) electrons. The third-order valence-electron chi connectivity index (χ3n) is 5.20. The van der Waals surface area contributed by atoms with Crippen LogP contribution in [0, 0.1) is 5.92 Å². The largest absolute Gasteiger partial charge is 0.396 e. The number of aliphatic hydroxyl groups excluding tert-OH is 1. The van der Waals surface area contributed by atoms with Crippen molar-refractivity contribution < 1.29 is 5.11 Å². The van der Waals surface area contributed by atoms with Gasteiger partial charge in [0.05, 0.1) is 0 Å². The molecule has 3 nitrogen and oxygen atoms in total. The highest BCUT2D eigenvalue weighted by atomic mass is 32.2. The predicted octanol–water partition coefficient (Wildman–Crippen LogP) is 5.03. The van der Waals surface area contributed by atoms with Crippen LogP contribution >= 0.6 is 11.8 Å². The lowest BCUT2D eigenvalue weighted by Crippen LogP contribution is -2.13. The second-order valence-corrected chi connectivity index (χ2v) is 8.32. The summed E-state index contributed by atoms with van der Waals surface area (Å²) in [5.74, 6) is 1.51. The number of hydrogen-bond acceptors (Lipinski definition) is 3. The number of aliphatic hydroxyl groups is 1. The van der Waals surface area contributed by atoms with Crippen molar-refractivity contribution in [1.82, 2.24) is 4.98 Å². The number of pyridine rings is 1. The predicted molar refractivity (Wildman–Crippen MR) is 114 cm³/mol. The van der Waals surface area contributed by atoms with Gasteiger partial charge in [0.1, 0.15) is 0 Å². The summed E-state index contributed by atoms with van der Waals surface area (Å²) in [6.45, 7) is 2.24. The molecule has 1 aliphatic carbocycles. The first-order chi connectivity index (χ1) is 13.2. The fraction of sp³-hybridized carbons (Fsp3) is 0.435. The van der Waals surface area contributed by atoms with Gasteiger partial charge in [0, 0.05) is 34.1 Å². The van der Waals surface area contributed by atoms with E-state index in [2.05, 4.69) is 35.3 Å². The summed E-state index contributed by atoms with van der Waals surface area (Å²) in [6, 6.07) is 12.6. The molecule has 2 aromatic rings. The average Bonchev–Trinajstić information content (AvgIpc) is 3.20. The van der Waals surface area contributed by atoms with Crippen molar-refractivity contribution >= 4 is 17.3 Å². The van der Waals surface area contributed by atoms with E-state index in [1.54, 1.807) is 11.8 Å². The summed E-state index contributed by atoms with van der Waals surface area (Å²) in [5, 5.41) is 8.93. The Labute approximate surface area is 165 Å². The Morgan fingerprint density at radius 3 is 2.56 bits per heavy atom. The van der Waals surface area contributed by atoms with Crippen LogP contribution in [0.1, 0.15) is 55.8 Å². The molecule has 1 aromatic heterocycles. The number of allylic oxidation sites excluding steroid dienone is 1.